The second kappa shape index (κ2) is 8.31. The van der Waals surface area contributed by atoms with Gasteiger partial charge >= 0.3 is 5.97 Å². The first kappa shape index (κ1) is 17.7. The minimum atomic E-state index is -0.103. The number of fused-ring (bicyclic) bond motifs is 1. The Balaban J connectivity index is 1.59. The lowest BCUT2D eigenvalue weighted by Crippen LogP contribution is -2.48. The summed E-state index contributed by atoms with van der Waals surface area (Å²) in [6, 6.07) is 0. The first-order chi connectivity index (χ1) is 12.2. The topological polar surface area (TPSA) is 84.6 Å². The Morgan fingerprint density at radius 1 is 1.32 bits per heavy atom. The predicted octanol–water partition coefficient (Wildman–Crippen LogP) is 0.965. The van der Waals surface area contributed by atoms with E-state index in [1.54, 1.807) is 7.05 Å². The minimum absolute atomic E-state index is 0.0758. The molecule has 0 saturated carbocycles. The first-order valence-electron chi connectivity index (χ1n) is 9.26. The highest BCUT2D eigenvalue weighted by Crippen LogP contribution is 2.18. The van der Waals surface area contributed by atoms with Crippen LogP contribution in [0.1, 0.15) is 44.3 Å². The predicted molar refractivity (Wildman–Crippen MR) is 94.1 cm³/mol. The standard InChI is InChI=1S/C17H28N6O2/c1-3-25-16(24)13-7-6-9-22(12-13)17(18-2)19-11-15-21-20-14-8-4-5-10-23(14)15/h13H,3-12H2,1-2H3,(H,18,19). The smallest absolute Gasteiger partial charge is 0.310 e. The van der Waals surface area contributed by atoms with Gasteiger partial charge in [-0.05, 0) is 32.6 Å². The molecule has 0 aliphatic carbocycles. The summed E-state index contributed by atoms with van der Waals surface area (Å²) >= 11 is 0. The number of rotatable bonds is 4. The molecule has 138 valence electrons. The molecule has 1 saturated heterocycles. The summed E-state index contributed by atoms with van der Waals surface area (Å²) in [7, 11) is 1.77. The van der Waals surface area contributed by atoms with Crippen LogP contribution in [-0.4, -0.2) is 58.3 Å². The van der Waals surface area contributed by atoms with Gasteiger partial charge in [0, 0.05) is 33.1 Å². The molecule has 3 heterocycles. The number of aliphatic imine (C=N–C) groups is 1. The van der Waals surface area contributed by atoms with E-state index in [0.717, 1.165) is 50.0 Å². The molecule has 0 radical (unpaired) electrons. The van der Waals surface area contributed by atoms with Crippen molar-refractivity contribution in [2.45, 2.75) is 52.1 Å². The van der Waals surface area contributed by atoms with Crippen molar-refractivity contribution in [1.29, 1.82) is 0 Å². The summed E-state index contributed by atoms with van der Waals surface area (Å²) in [5.74, 6) is 2.66. The minimum Gasteiger partial charge on any atom is -0.466 e. The lowest BCUT2D eigenvalue weighted by atomic mass is 9.98. The van der Waals surface area contributed by atoms with Gasteiger partial charge in [0.25, 0.3) is 0 Å². The van der Waals surface area contributed by atoms with Crippen LogP contribution in [0.25, 0.3) is 0 Å². The summed E-state index contributed by atoms with van der Waals surface area (Å²) in [5, 5.41) is 12.0. The molecule has 0 bridgehead atoms. The largest absolute Gasteiger partial charge is 0.466 e. The van der Waals surface area contributed by atoms with Crippen LogP contribution in [0.4, 0.5) is 0 Å². The van der Waals surface area contributed by atoms with Crippen LogP contribution in [-0.2, 0) is 29.0 Å². The van der Waals surface area contributed by atoms with Crippen LogP contribution in [0.3, 0.4) is 0 Å². The van der Waals surface area contributed by atoms with Gasteiger partial charge in [0.05, 0.1) is 19.1 Å². The molecule has 8 heteroatoms. The van der Waals surface area contributed by atoms with Gasteiger partial charge in [-0.15, -0.1) is 10.2 Å². The van der Waals surface area contributed by atoms with E-state index in [1.807, 2.05) is 6.92 Å². The number of aromatic nitrogens is 3. The number of likely N-dealkylation sites (tertiary alicyclic amines) is 1. The Hall–Kier alpha value is -2.12. The monoisotopic (exact) mass is 348 g/mol. The third kappa shape index (κ3) is 4.11. The van der Waals surface area contributed by atoms with Gasteiger partial charge in [0.2, 0.25) is 0 Å². The van der Waals surface area contributed by atoms with Crippen molar-refractivity contribution in [2.75, 3.05) is 26.7 Å². The molecule has 2 aliphatic rings. The quantitative estimate of drug-likeness (QED) is 0.496. The van der Waals surface area contributed by atoms with E-state index >= 15 is 0 Å². The average molecular weight is 348 g/mol. The van der Waals surface area contributed by atoms with Gasteiger partial charge in [-0.3, -0.25) is 9.79 Å². The number of piperidine rings is 1. The fourth-order valence-electron chi connectivity index (χ4n) is 3.61. The number of carbonyl (C=O) groups excluding carboxylic acids is 1. The molecule has 1 aromatic heterocycles. The second-order valence-corrected chi connectivity index (χ2v) is 6.58. The highest BCUT2D eigenvalue weighted by molar-refractivity contribution is 5.81. The Morgan fingerprint density at radius 2 is 2.20 bits per heavy atom. The molecule has 25 heavy (non-hydrogen) atoms. The van der Waals surface area contributed by atoms with E-state index in [9.17, 15) is 4.79 Å². The van der Waals surface area contributed by atoms with Crippen LogP contribution >= 0.6 is 0 Å². The molecule has 1 atom stereocenters. The van der Waals surface area contributed by atoms with Crippen LogP contribution in [0.2, 0.25) is 0 Å². The van der Waals surface area contributed by atoms with Crippen LogP contribution in [0, 0.1) is 5.92 Å². The van der Waals surface area contributed by atoms with Crippen molar-refractivity contribution < 1.29 is 9.53 Å². The number of carbonyl (C=O) groups is 1. The molecule has 1 N–H and O–H groups in total. The van der Waals surface area contributed by atoms with E-state index < -0.39 is 0 Å². The zero-order chi connectivity index (χ0) is 17.6. The van der Waals surface area contributed by atoms with E-state index in [-0.39, 0.29) is 11.9 Å². The van der Waals surface area contributed by atoms with Gasteiger partial charge in [0.1, 0.15) is 5.82 Å². The molecule has 0 aromatic carbocycles. The van der Waals surface area contributed by atoms with Gasteiger partial charge in [0.15, 0.2) is 11.8 Å². The van der Waals surface area contributed by atoms with E-state index in [0.29, 0.717) is 19.7 Å². The van der Waals surface area contributed by atoms with Crippen LogP contribution in [0.5, 0.6) is 0 Å². The molecule has 2 aliphatic heterocycles. The number of aryl methyl sites for hydroxylation is 1. The average Bonchev–Trinajstić information content (AvgIpc) is 3.06. The molecule has 8 nitrogen and oxygen atoms in total. The third-order valence-corrected chi connectivity index (χ3v) is 4.89. The number of nitrogens with zero attached hydrogens (tertiary/aromatic N) is 5. The van der Waals surface area contributed by atoms with Gasteiger partial charge in [-0.2, -0.15) is 0 Å². The van der Waals surface area contributed by atoms with E-state index in [4.69, 9.17) is 4.74 Å². The lowest BCUT2D eigenvalue weighted by Gasteiger charge is -2.33. The Bertz CT molecular complexity index is 627. The number of esters is 1. The maximum absolute atomic E-state index is 12.0. The van der Waals surface area contributed by atoms with Crippen molar-refractivity contribution in [3.8, 4) is 0 Å². The van der Waals surface area contributed by atoms with Gasteiger partial charge < -0.3 is 19.5 Å². The molecule has 1 unspecified atom stereocenters. The van der Waals surface area contributed by atoms with E-state index in [2.05, 4.69) is 30.0 Å². The molecule has 3 rings (SSSR count). The Kier molecular flexibility index (Phi) is 5.88. The highest BCUT2D eigenvalue weighted by Gasteiger charge is 2.28. The van der Waals surface area contributed by atoms with Gasteiger partial charge in [-0.25, -0.2) is 0 Å². The van der Waals surface area contributed by atoms with Crippen molar-refractivity contribution in [2.24, 2.45) is 10.9 Å². The number of hydrogen-bond donors (Lipinski definition) is 1. The maximum Gasteiger partial charge on any atom is 0.310 e. The summed E-state index contributed by atoms with van der Waals surface area (Å²) in [6.45, 7) is 5.41. The highest BCUT2D eigenvalue weighted by atomic mass is 16.5. The Morgan fingerprint density at radius 3 is 3.00 bits per heavy atom. The number of nitrogens with one attached hydrogen (secondary N) is 1. The van der Waals surface area contributed by atoms with E-state index in [1.165, 1.54) is 12.8 Å². The third-order valence-electron chi connectivity index (χ3n) is 4.89. The van der Waals surface area contributed by atoms with Crippen molar-refractivity contribution in [3.63, 3.8) is 0 Å². The van der Waals surface area contributed by atoms with Crippen LogP contribution in [0.15, 0.2) is 4.99 Å². The molecule has 0 amide bonds. The summed E-state index contributed by atoms with van der Waals surface area (Å²) in [4.78, 5) is 18.6. The Labute approximate surface area is 148 Å². The molecular formula is C17H28N6O2. The van der Waals surface area contributed by atoms with Crippen molar-refractivity contribution in [1.82, 2.24) is 25.0 Å². The SMILES string of the molecule is CCOC(=O)C1CCCN(C(=NC)NCc2nnc3n2CCCC3)C1. The van der Waals surface area contributed by atoms with Crippen molar-refractivity contribution >= 4 is 11.9 Å². The maximum atomic E-state index is 12.0. The van der Waals surface area contributed by atoms with Crippen molar-refractivity contribution in [3.05, 3.63) is 11.6 Å². The summed E-state index contributed by atoms with van der Waals surface area (Å²) < 4.78 is 7.39. The number of ether oxygens (including phenoxy) is 1. The first-order valence-corrected chi connectivity index (χ1v) is 9.26. The molecule has 1 fully saturated rings. The van der Waals surface area contributed by atoms with Crippen LogP contribution < -0.4 is 5.32 Å². The number of hydrogen-bond acceptors (Lipinski definition) is 5. The fraction of sp³-hybridized carbons (Fsp3) is 0.765. The molecule has 0 spiro atoms. The normalized spacial score (nSPS) is 21.0. The number of guanidine groups is 1. The summed E-state index contributed by atoms with van der Waals surface area (Å²) in [5.41, 5.74) is 0. The summed E-state index contributed by atoms with van der Waals surface area (Å²) in [6.07, 6.45) is 5.22. The zero-order valence-electron chi connectivity index (χ0n) is 15.2. The lowest BCUT2D eigenvalue weighted by molar-refractivity contribution is -0.149. The molecular weight excluding hydrogens is 320 g/mol. The van der Waals surface area contributed by atoms with Gasteiger partial charge in [-0.1, -0.05) is 0 Å². The fourth-order valence-corrected chi connectivity index (χ4v) is 3.61. The zero-order valence-corrected chi connectivity index (χ0v) is 15.2. The second-order valence-electron chi connectivity index (χ2n) is 6.58. The molecule has 1 aromatic rings.